The Bertz CT molecular complexity index is 480. The quantitative estimate of drug-likeness (QED) is 0.787. The van der Waals surface area contributed by atoms with Crippen molar-refractivity contribution in [2.24, 2.45) is 5.16 Å². The fourth-order valence-corrected chi connectivity index (χ4v) is 2.06. The van der Waals surface area contributed by atoms with Crippen molar-refractivity contribution < 1.29 is 18.0 Å². The topological polar surface area (TPSA) is 21.6 Å². The summed E-state index contributed by atoms with van der Waals surface area (Å²) in [4.78, 5) is 5.16. The smallest absolute Gasteiger partial charge is 0.392 e. The maximum absolute atomic E-state index is 12.8. The van der Waals surface area contributed by atoms with Crippen LogP contribution in [-0.2, 0) is 11.0 Å². The van der Waals surface area contributed by atoms with E-state index in [1.54, 1.807) is 6.07 Å². The van der Waals surface area contributed by atoms with Crippen LogP contribution in [0.1, 0.15) is 36.5 Å². The van der Waals surface area contributed by atoms with Crippen LogP contribution in [0.5, 0.6) is 0 Å². The minimum atomic E-state index is -4.33. The molecule has 1 heterocycles. The molecular weight excluding hydrogens is 243 g/mol. The fraction of sp³-hybridized carbons (Fsp3) is 0.462. The first-order chi connectivity index (χ1) is 8.43. The van der Waals surface area contributed by atoms with Gasteiger partial charge in [-0.3, -0.25) is 0 Å². The second-order valence-corrected chi connectivity index (χ2v) is 4.35. The molecule has 98 valence electrons. The zero-order valence-electron chi connectivity index (χ0n) is 10.2. The fourth-order valence-electron chi connectivity index (χ4n) is 2.06. The molecule has 1 atom stereocenters. The highest BCUT2D eigenvalue weighted by Crippen LogP contribution is 2.34. The minimum Gasteiger partial charge on any atom is -0.392 e. The van der Waals surface area contributed by atoms with Crippen LogP contribution in [0.4, 0.5) is 13.2 Å². The lowest BCUT2D eigenvalue weighted by Gasteiger charge is -2.13. The Balaban J connectivity index is 2.36. The van der Waals surface area contributed by atoms with Crippen molar-refractivity contribution in [1.29, 1.82) is 0 Å². The lowest BCUT2D eigenvalue weighted by Crippen LogP contribution is -2.12. The van der Waals surface area contributed by atoms with E-state index in [0.29, 0.717) is 17.7 Å². The Morgan fingerprint density at radius 1 is 1.39 bits per heavy atom. The molecule has 1 aliphatic heterocycles. The van der Waals surface area contributed by atoms with Gasteiger partial charge in [0.05, 0.1) is 11.3 Å². The summed E-state index contributed by atoms with van der Waals surface area (Å²) in [6.07, 6.45) is -2.98. The molecule has 0 saturated heterocycles. The summed E-state index contributed by atoms with van der Waals surface area (Å²) < 4.78 is 38.4. The van der Waals surface area contributed by atoms with E-state index < -0.39 is 11.7 Å². The summed E-state index contributed by atoms with van der Waals surface area (Å²) in [6.45, 7) is 3.43. The summed E-state index contributed by atoms with van der Waals surface area (Å²) in [6, 6.07) is 4.16. The van der Waals surface area contributed by atoms with E-state index in [4.69, 9.17) is 4.84 Å². The van der Waals surface area contributed by atoms with Gasteiger partial charge in [0.2, 0.25) is 0 Å². The largest absolute Gasteiger partial charge is 0.416 e. The zero-order chi connectivity index (χ0) is 13.3. The van der Waals surface area contributed by atoms with Crippen LogP contribution in [0, 0.1) is 6.92 Å². The van der Waals surface area contributed by atoms with Gasteiger partial charge in [-0.05, 0) is 25.0 Å². The zero-order valence-corrected chi connectivity index (χ0v) is 10.2. The second-order valence-electron chi connectivity index (χ2n) is 4.35. The van der Waals surface area contributed by atoms with Crippen LogP contribution in [0.25, 0.3) is 0 Å². The van der Waals surface area contributed by atoms with Crippen LogP contribution in [0.2, 0.25) is 0 Å². The molecule has 2 nitrogen and oxygen atoms in total. The van der Waals surface area contributed by atoms with Gasteiger partial charge in [-0.15, -0.1) is 0 Å². The van der Waals surface area contributed by atoms with Gasteiger partial charge >= 0.3 is 6.18 Å². The third-order valence-electron chi connectivity index (χ3n) is 3.14. The second kappa shape index (κ2) is 4.63. The van der Waals surface area contributed by atoms with E-state index in [1.165, 1.54) is 13.0 Å². The number of nitrogens with zero attached hydrogens (tertiary/aromatic N) is 1. The van der Waals surface area contributed by atoms with Crippen LogP contribution in [-0.4, -0.2) is 11.8 Å². The molecule has 1 unspecified atom stereocenters. The average molecular weight is 257 g/mol. The normalized spacial score (nSPS) is 19.6. The summed E-state index contributed by atoms with van der Waals surface area (Å²) >= 11 is 0. The summed E-state index contributed by atoms with van der Waals surface area (Å²) in [7, 11) is 0. The lowest BCUT2D eigenvalue weighted by molar-refractivity contribution is -0.138. The molecule has 1 aromatic rings. The molecule has 0 spiro atoms. The van der Waals surface area contributed by atoms with Crippen molar-refractivity contribution in [2.45, 2.75) is 39.0 Å². The standard InChI is InChI=1S/C13H14F3NO/c1-3-9-7-12(17-18-9)10-5-4-6-11(8(10)2)13(14,15)16/h4-6,9H,3,7H2,1-2H3. The van der Waals surface area contributed by atoms with Crippen molar-refractivity contribution in [3.63, 3.8) is 0 Å². The summed E-state index contributed by atoms with van der Waals surface area (Å²) in [5.41, 5.74) is 0.734. The van der Waals surface area contributed by atoms with Gasteiger partial charge in [0.25, 0.3) is 0 Å². The number of oxime groups is 1. The highest BCUT2D eigenvalue weighted by atomic mass is 19.4. The molecule has 0 aromatic heterocycles. The Kier molecular flexibility index (Phi) is 3.32. The highest BCUT2D eigenvalue weighted by molar-refractivity contribution is 6.02. The maximum atomic E-state index is 12.8. The first-order valence-corrected chi connectivity index (χ1v) is 5.83. The molecule has 0 bridgehead atoms. The monoisotopic (exact) mass is 257 g/mol. The van der Waals surface area contributed by atoms with Gasteiger partial charge in [-0.2, -0.15) is 13.2 Å². The molecule has 18 heavy (non-hydrogen) atoms. The van der Waals surface area contributed by atoms with E-state index in [2.05, 4.69) is 5.16 Å². The summed E-state index contributed by atoms with van der Waals surface area (Å²) in [5.74, 6) is 0. The molecule has 0 amide bonds. The summed E-state index contributed by atoms with van der Waals surface area (Å²) in [5, 5.41) is 3.89. The Morgan fingerprint density at radius 3 is 2.67 bits per heavy atom. The molecule has 1 aliphatic rings. The van der Waals surface area contributed by atoms with E-state index in [1.807, 2.05) is 6.92 Å². The van der Waals surface area contributed by atoms with E-state index in [0.717, 1.165) is 12.5 Å². The van der Waals surface area contributed by atoms with Crippen LogP contribution < -0.4 is 0 Å². The SMILES string of the molecule is CCC1CC(c2cccc(C(F)(F)F)c2C)=NO1. The van der Waals surface area contributed by atoms with Gasteiger partial charge < -0.3 is 4.84 Å². The van der Waals surface area contributed by atoms with Crippen LogP contribution >= 0.6 is 0 Å². The Labute approximate surface area is 103 Å². The molecule has 0 fully saturated rings. The molecule has 1 aromatic carbocycles. The lowest BCUT2D eigenvalue weighted by atomic mass is 9.95. The van der Waals surface area contributed by atoms with Gasteiger partial charge in [0.15, 0.2) is 0 Å². The van der Waals surface area contributed by atoms with Crippen LogP contribution in [0.3, 0.4) is 0 Å². The van der Waals surface area contributed by atoms with E-state index in [-0.39, 0.29) is 11.7 Å². The number of halogens is 3. The first-order valence-electron chi connectivity index (χ1n) is 5.83. The average Bonchev–Trinajstić information content (AvgIpc) is 2.76. The van der Waals surface area contributed by atoms with E-state index in [9.17, 15) is 13.2 Å². The molecule has 0 N–H and O–H groups in total. The highest BCUT2D eigenvalue weighted by Gasteiger charge is 2.34. The predicted octanol–water partition coefficient (Wildman–Crippen LogP) is 3.92. The molecule has 5 heteroatoms. The predicted molar refractivity (Wildman–Crippen MR) is 62.5 cm³/mol. The van der Waals surface area contributed by atoms with Gasteiger partial charge in [0.1, 0.15) is 6.10 Å². The van der Waals surface area contributed by atoms with E-state index >= 15 is 0 Å². The minimum absolute atomic E-state index is 0.0195. The molecule has 2 rings (SSSR count). The van der Waals surface area contributed by atoms with Crippen molar-refractivity contribution in [3.05, 3.63) is 34.9 Å². The number of benzene rings is 1. The molecule has 0 aliphatic carbocycles. The molecule has 0 radical (unpaired) electrons. The van der Waals surface area contributed by atoms with Crippen molar-refractivity contribution in [3.8, 4) is 0 Å². The number of alkyl halides is 3. The number of hydrogen-bond acceptors (Lipinski definition) is 2. The van der Waals surface area contributed by atoms with Crippen molar-refractivity contribution >= 4 is 5.71 Å². The first kappa shape index (κ1) is 12.9. The van der Waals surface area contributed by atoms with Crippen molar-refractivity contribution in [2.75, 3.05) is 0 Å². The third kappa shape index (κ3) is 2.35. The molecule has 0 saturated carbocycles. The number of rotatable bonds is 2. The van der Waals surface area contributed by atoms with Gasteiger partial charge in [-0.1, -0.05) is 24.2 Å². The molecular formula is C13H14F3NO. The van der Waals surface area contributed by atoms with Crippen molar-refractivity contribution in [1.82, 2.24) is 0 Å². The Hall–Kier alpha value is -1.52. The third-order valence-corrected chi connectivity index (χ3v) is 3.14. The van der Waals surface area contributed by atoms with Gasteiger partial charge in [-0.25, -0.2) is 0 Å². The Morgan fingerprint density at radius 2 is 2.11 bits per heavy atom. The van der Waals surface area contributed by atoms with Gasteiger partial charge in [0, 0.05) is 12.0 Å². The van der Waals surface area contributed by atoms with Crippen LogP contribution in [0.15, 0.2) is 23.4 Å². The maximum Gasteiger partial charge on any atom is 0.416 e. The number of hydrogen-bond donors (Lipinski definition) is 0.